The molecule has 0 saturated carbocycles. The molecular weight excluding hydrogens is 334 g/mol. The molecule has 130 valence electrons. The normalized spacial score (nSPS) is 15.6. The van der Waals surface area contributed by atoms with Crippen LogP contribution in [0.5, 0.6) is 5.75 Å². The van der Waals surface area contributed by atoms with Crippen LogP contribution in [0.25, 0.3) is 5.82 Å². The van der Waals surface area contributed by atoms with E-state index < -0.39 is 6.10 Å². The fourth-order valence-corrected chi connectivity index (χ4v) is 2.60. The molecule has 3 heterocycles. The predicted octanol–water partition coefficient (Wildman–Crippen LogP) is 2.24. The average molecular weight is 349 g/mol. The van der Waals surface area contributed by atoms with Crippen molar-refractivity contribution in [3.8, 4) is 11.6 Å². The summed E-state index contributed by atoms with van der Waals surface area (Å²) < 4.78 is 7.22. The molecule has 0 bridgehead atoms. The van der Waals surface area contributed by atoms with Gasteiger partial charge in [0.05, 0.1) is 23.1 Å². The van der Waals surface area contributed by atoms with E-state index in [9.17, 15) is 9.59 Å². The molecule has 0 saturated heterocycles. The molecule has 0 unspecified atom stereocenters. The molecule has 2 N–H and O–H groups in total. The molecule has 0 aliphatic carbocycles. The van der Waals surface area contributed by atoms with Gasteiger partial charge in [0.1, 0.15) is 0 Å². The molecule has 8 nitrogen and oxygen atoms in total. The first-order chi connectivity index (χ1) is 12.6. The fraction of sp³-hybridized carbons (Fsp3) is 0.111. The predicted molar refractivity (Wildman–Crippen MR) is 94.5 cm³/mol. The van der Waals surface area contributed by atoms with E-state index in [0.717, 1.165) is 0 Å². The van der Waals surface area contributed by atoms with Crippen LogP contribution >= 0.6 is 0 Å². The van der Waals surface area contributed by atoms with Crippen molar-refractivity contribution in [1.82, 2.24) is 14.8 Å². The number of carbonyl (C=O) groups is 2. The van der Waals surface area contributed by atoms with E-state index in [-0.39, 0.29) is 11.8 Å². The number of aromatic nitrogens is 3. The molecular formula is C18H15N5O3. The molecule has 1 aromatic carbocycles. The highest BCUT2D eigenvalue weighted by molar-refractivity contribution is 6.09. The van der Waals surface area contributed by atoms with Gasteiger partial charge in [0.25, 0.3) is 11.8 Å². The summed E-state index contributed by atoms with van der Waals surface area (Å²) in [5, 5.41) is 9.61. The third kappa shape index (κ3) is 2.88. The smallest absolute Gasteiger partial charge is 0.265 e. The monoisotopic (exact) mass is 349 g/mol. The van der Waals surface area contributed by atoms with Crippen LogP contribution in [0.15, 0.2) is 55.0 Å². The lowest BCUT2D eigenvalue weighted by molar-refractivity contribution is -0.122. The van der Waals surface area contributed by atoms with Gasteiger partial charge >= 0.3 is 0 Å². The Morgan fingerprint density at radius 1 is 1.27 bits per heavy atom. The van der Waals surface area contributed by atoms with E-state index in [1.807, 2.05) is 0 Å². The molecule has 2 aromatic heterocycles. The number of amides is 2. The van der Waals surface area contributed by atoms with Crippen molar-refractivity contribution < 1.29 is 14.3 Å². The number of hydrogen-bond acceptors (Lipinski definition) is 5. The van der Waals surface area contributed by atoms with Gasteiger partial charge in [0.2, 0.25) is 0 Å². The molecule has 26 heavy (non-hydrogen) atoms. The van der Waals surface area contributed by atoms with Gasteiger partial charge in [-0.1, -0.05) is 6.07 Å². The second-order valence-electron chi connectivity index (χ2n) is 5.74. The first-order valence-electron chi connectivity index (χ1n) is 8.00. The first kappa shape index (κ1) is 15.8. The third-order valence-electron chi connectivity index (χ3n) is 3.93. The number of anilines is 2. The van der Waals surface area contributed by atoms with E-state index in [1.54, 1.807) is 66.6 Å². The maximum atomic E-state index is 12.6. The zero-order valence-corrected chi connectivity index (χ0v) is 13.8. The Bertz CT molecular complexity index is 967. The lowest BCUT2D eigenvalue weighted by Crippen LogP contribution is -2.35. The molecule has 2 amide bonds. The van der Waals surface area contributed by atoms with Crippen LogP contribution in [0.1, 0.15) is 17.3 Å². The quantitative estimate of drug-likeness (QED) is 0.756. The van der Waals surface area contributed by atoms with Gasteiger partial charge in [-0.3, -0.25) is 9.59 Å². The van der Waals surface area contributed by atoms with Crippen molar-refractivity contribution in [3.05, 3.63) is 60.6 Å². The van der Waals surface area contributed by atoms with E-state index in [1.165, 1.54) is 0 Å². The van der Waals surface area contributed by atoms with E-state index in [2.05, 4.69) is 20.7 Å². The minimum atomic E-state index is -0.661. The Morgan fingerprint density at radius 3 is 2.88 bits per heavy atom. The minimum Gasteiger partial charge on any atom is -0.478 e. The zero-order valence-electron chi connectivity index (χ0n) is 13.8. The van der Waals surface area contributed by atoms with Gasteiger partial charge in [0, 0.05) is 12.4 Å². The van der Waals surface area contributed by atoms with Crippen molar-refractivity contribution in [2.75, 3.05) is 10.6 Å². The number of benzene rings is 1. The van der Waals surface area contributed by atoms with Crippen LogP contribution in [0.4, 0.5) is 11.4 Å². The molecule has 1 aliphatic heterocycles. The Hall–Kier alpha value is -3.68. The summed E-state index contributed by atoms with van der Waals surface area (Å²) in [6, 6.07) is 10.3. The van der Waals surface area contributed by atoms with Crippen molar-refractivity contribution in [1.29, 1.82) is 0 Å². The van der Waals surface area contributed by atoms with Gasteiger partial charge < -0.3 is 15.4 Å². The van der Waals surface area contributed by atoms with Crippen LogP contribution in [0.2, 0.25) is 0 Å². The molecule has 0 fully saturated rings. The molecule has 4 rings (SSSR count). The van der Waals surface area contributed by atoms with Crippen LogP contribution < -0.4 is 15.4 Å². The maximum Gasteiger partial charge on any atom is 0.265 e. The molecule has 0 spiro atoms. The Morgan fingerprint density at radius 2 is 2.15 bits per heavy atom. The number of ether oxygens (including phenoxy) is 1. The number of nitrogens with zero attached hydrogens (tertiary/aromatic N) is 3. The summed E-state index contributed by atoms with van der Waals surface area (Å²) in [4.78, 5) is 28.6. The van der Waals surface area contributed by atoms with Crippen molar-refractivity contribution in [3.63, 3.8) is 0 Å². The topological polar surface area (TPSA) is 98.1 Å². The van der Waals surface area contributed by atoms with Crippen molar-refractivity contribution in [2.45, 2.75) is 13.0 Å². The number of pyridine rings is 1. The molecule has 1 aliphatic rings. The van der Waals surface area contributed by atoms with E-state index in [4.69, 9.17) is 4.74 Å². The summed E-state index contributed by atoms with van der Waals surface area (Å²) in [6.07, 6.45) is 4.33. The van der Waals surface area contributed by atoms with Crippen LogP contribution in [-0.2, 0) is 4.79 Å². The summed E-state index contributed by atoms with van der Waals surface area (Å²) in [7, 11) is 0. The number of fused-ring (bicyclic) bond motifs is 1. The summed E-state index contributed by atoms with van der Waals surface area (Å²) in [6.45, 7) is 1.63. The zero-order chi connectivity index (χ0) is 18.1. The first-order valence-corrected chi connectivity index (χ1v) is 8.00. The fourth-order valence-electron chi connectivity index (χ4n) is 2.60. The summed E-state index contributed by atoms with van der Waals surface area (Å²) >= 11 is 0. The standard InChI is InChI=1S/C18H15N5O3/c1-11-17(24)22-14-5-2-4-13(16(14)26-11)18(25)21-12-6-7-15(19-10-12)23-9-3-8-20-23/h2-11H,1H3,(H,21,25)(H,22,24)/t11-/m0/s1. The highest BCUT2D eigenvalue weighted by Crippen LogP contribution is 2.33. The lowest BCUT2D eigenvalue weighted by Gasteiger charge is -2.25. The van der Waals surface area contributed by atoms with Gasteiger partial charge in [-0.25, -0.2) is 9.67 Å². The van der Waals surface area contributed by atoms with Crippen molar-refractivity contribution in [2.24, 2.45) is 0 Å². The highest BCUT2D eigenvalue weighted by atomic mass is 16.5. The van der Waals surface area contributed by atoms with Crippen LogP contribution in [0.3, 0.4) is 0 Å². The average Bonchev–Trinajstić information content (AvgIpc) is 3.17. The van der Waals surface area contributed by atoms with Gasteiger partial charge in [0.15, 0.2) is 17.7 Å². The molecule has 3 aromatic rings. The molecule has 8 heteroatoms. The number of carbonyl (C=O) groups excluding carboxylic acids is 2. The summed E-state index contributed by atoms with van der Waals surface area (Å²) in [5.74, 6) is 0.412. The van der Waals surface area contributed by atoms with Gasteiger partial charge in [-0.05, 0) is 37.3 Å². The number of rotatable bonds is 3. The van der Waals surface area contributed by atoms with Gasteiger partial charge in [-0.2, -0.15) is 5.10 Å². The van der Waals surface area contributed by atoms with Crippen LogP contribution in [-0.4, -0.2) is 32.7 Å². The lowest BCUT2D eigenvalue weighted by atomic mass is 10.1. The third-order valence-corrected chi connectivity index (χ3v) is 3.93. The Labute approximate surface area is 148 Å². The van der Waals surface area contributed by atoms with Gasteiger partial charge in [-0.15, -0.1) is 0 Å². The number of hydrogen-bond donors (Lipinski definition) is 2. The largest absolute Gasteiger partial charge is 0.478 e. The van der Waals surface area contributed by atoms with Crippen LogP contribution in [0, 0.1) is 0 Å². The molecule has 1 atom stereocenters. The van der Waals surface area contributed by atoms with E-state index in [0.29, 0.717) is 28.5 Å². The highest BCUT2D eigenvalue weighted by Gasteiger charge is 2.27. The summed E-state index contributed by atoms with van der Waals surface area (Å²) in [5.41, 5.74) is 1.36. The number of para-hydroxylation sites is 1. The second-order valence-corrected chi connectivity index (χ2v) is 5.74. The number of nitrogens with one attached hydrogen (secondary N) is 2. The molecule has 0 radical (unpaired) electrons. The Kier molecular flexibility index (Phi) is 3.85. The SMILES string of the molecule is C[C@@H]1Oc2c(cccc2C(=O)Nc2ccc(-n3cccn3)nc2)NC1=O. The van der Waals surface area contributed by atoms with Crippen molar-refractivity contribution >= 4 is 23.2 Å². The Balaban J connectivity index is 1.56. The van der Waals surface area contributed by atoms with E-state index >= 15 is 0 Å². The maximum absolute atomic E-state index is 12.6. The second kappa shape index (κ2) is 6.32. The minimum absolute atomic E-state index is 0.242.